The number of carbonyl (C=O) groups is 8. The number of ether oxygens (including phenoxy) is 1. The van der Waals surface area contributed by atoms with E-state index in [4.69, 9.17) is 4.74 Å². The van der Waals surface area contributed by atoms with E-state index in [1.807, 2.05) is 20.8 Å². The van der Waals surface area contributed by atoms with Crippen LogP contribution < -0.4 is 21.3 Å². The van der Waals surface area contributed by atoms with Gasteiger partial charge in [0.25, 0.3) is 11.8 Å². The molecule has 4 rings (SSSR count). The van der Waals surface area contributed by atoms with E-state index in [2.05, 4.69) is 26.3 Å². The van der Waals surface area contributed by atoms with Gasteiger partial charge in [-0.15, -0.1) is 11.8 Å². The average molecular weight is 849 g/mol. The molecule has 19 nitrogen and oxygen atoms in total. The number of cyclic esters (lactones) is 1. The van der Waals surface area contributed by atoms with Gasteiger partial charge in [0.05, 0.1) is 17.2 Å². The van der Waals surface area contributed by atoms with Gasteiger partial charge in [0.1, 0.15) is 48.6 Å². The number of thioether (sulfide) groups is 1. The Labute approximate surface area is 348 Å². The van der Waals surface area contributed by atoms with Crippen molar-refractivity contribution in [2.45, 2.75) is 142 Å². The van der Waals surface area contributed by atoms with Crippen molar-refractivity contribution in [2.75, 3.05) is 26.0 Å². The van der Waals surface area contributed by atoms with Crippen molar-refractivity contribution in [1.82, 2.24) is 36.0 Å². The quantitative estimate of drug-likeness (QED) is 0.144. The minimum absolute atomic E-state index is 0.0170. The summed E-state index contributed by atoms with van der Waals surface area (Å²) in [5, 5.41) is 32.2. The van der Waals surface area contributed by atoms with Gasteiger partial charge in [0.2, 0.25) is 29.5 Å². The summed E-state index contributed by atoms with van der Waals surface area (Å²) in [4.78, 5) is 117. The number of hydrogen-bond donors (Lipinski definition) is 6. The minimum atomic E-state index is -1.91. The summed E-state index contributed by atoms with van der Waals surface area (Å²) in [5.74, 6) is -6.19. The van der Waals surface area contributed by atoms with E-state index < -0.39 is 108 Å². The number of aliphatic hydroxyl groups excluding tert-OH is 2. The van der Waals surface area contributed by atoms with Crippen LogP contribution in [-0.4, -0.2) is 164 Å². The van der Waals surface area contributed by atoms with Crippen LogP contribution in [0.4, 0.5) is 0 Å². The van der Waals surface area contributed by atoms with Crippen LogP contribution in [0.1, 0.15) is 81.1 Å². The molecule has 4 aliphatic heterocycles. The Morgan fingerprint density at radius 2 is 1.59 bits per heavy atom. The van der Waals surface area contributed by atoms with Crippen molar-refractivity contribution in [2.24, 2.45) is 16.8 Å². The van der Waals surface area contributed by atoms with E-state index in [1.54, 1.807) is 25.7 Å². The lowest BCUT2D eigenvalue weighted by atomic mass is 9.91. The highest BCUT2D eigenvalue weighted by molar-refractivity contribution is 8.14. The predicted molar refractivity (Wildman–Crippen MR) is 216 cm³/mol. The van der Waals surface area contributed by atoms with E-state index in [-0.39, 0.29) is 48.7 Å². The third kappa shape index (κ3) is 11.0. The molecular formula is C39H60N8O11S. The number of carbonyl (C=O) groups excluding carboxylic acids is 8. The molecule has 0 aromatic heterocycles. The molecule has 2 bridgehead atoms. The molecule has 4 heterocycles. The maximum Gasteiger partial charge on any atom is 0.329 e. The highest BCUT2D eigenvalue weighted by Gasteiger charge is 2.47. The second-order valence-corrected chi connectivity index (χ2v) is 17.5. The highest BCUT2D eigenvalue weighted by atomic mass is 32.2. The number of allylic oxidation sites excluding steroid dienone is 1. The number of nitrogens with one attached hydrogen (secondary N) is 4. The Kier molecular flexibility index (Phi) is 16.1. The molecular weight excluding hydrogens is 789 g/mol. The van der Waals surface area contributed by atoms with Crippen molar-refractivity contribution < 1.29 is 53.3 Å². The first-order valence-corrected chi connectivity index (χ1v) is 21.2. The smallest absolute Gasteiger partial charge is 0.329 e. The first kappa shape index (κ1) is 47.1. The van der Waals surface area contributed by atoms with Crippen molar-refractivity contribution in [3.63, 3.8) is 0 Å². The van der Waals surface area contributed by atoms with Crippen LogP contribution in [0.25, 0.3) is 0 Å². The third-order valence-corrected chi connectivity index (χ3v) is 12.1. The lowest BCUT2D eigenvalue weighted by Crippen LogP contribution is -2.65. The second-order valence-electron chi connectivity index (χ2n) is 16.4. The number of nitrogens with zero attached hydrogens (tertiary/aromatic N) is 4. The zero-order valence-corrected chi connectivity index (χ0v) is 36.0. The van der Waals surface area contributed by atoms with Gasteiger partial charge < -0.3 is 50.9 Å². The molecule has 2 saturated heterocycles. The zero-order valence-electron chi connectivity index (χ0n) is 35.2. The van der Waals surface area contributed by atoms with E-state index in [0.29, 0.717) is 17.9 Å². The molecule has 59 heavy (non-hydrogen) atoms. The molecule has 0 radical (unpaired) electrons. The number of hydrogen-bond acceptors (Lipinski definition) is 13. The maximum absolute atomic E-state index is 14.1. The first-order chi connectivity index (χ1) is 27.7. The fourth-order valence-electron chi connectivity index (χ4n) is 7.66. The summed E-state index contributed by atoms with van der Waals surface area (Å²) in [6, 6.07) is -7.62. The topological polar surface area (TPSA) is 256 Å². The molecule has 6 N–H and O–H groups in total. The molecule has 0 aromatic rings. The number of aliphatic imine (C=N–C) groups is 1. The highest BCUT2D eigenvalue weighted by Crippen LogP contribution is 2.35. The minimum Gasteiger partial charge on any atom is -0.461 e. The van der Waals surface area contributed by atoms with Crippen molar-refractivity contribution >= 4 is 64.1 Å². The summed E-state index contributed by atoms with van der Waals surface area (Å²) in [7, 11) is 1.28. The zero-order chi connectivity index (χ0) is 44.0. The van der Waals surface area contributed by atoms with E-state index >= 15 is 0 Å². The van der Waals surface area contributed by atoms with Crippen LogP contribution in [0.3, 0.4) is 0 Å². The Morgan fingerprint density at radius 1 is 0.915 bits per heavy atom. The summed E-state index contributed by atoms with van der Waals surface area (Å²) in [6.07, 6.45) is -0.419. The maximum atomic E-state index is 14.1. The molecule has 2 fully saturated rings. The van der Waals surface area contributed by atoms with Crippen molar-refractivity contribution in [3.8, 4) is 0 Å². The molecule has 10 atom stereocenters. The number of aliphatic hydroxyl groups is 2. The van der Waals surface area contributed by atoms with E-state index in [9.17, 15) is 48.6 Å². The first-order valence-electron chi connectivity index (χ1n) is 20.2. The van der Waals surface area contributed by atoms with E-state index in [1.165, 1.54) is 43.6 Å². The van der Waals surface area contributed by atoms with Gasteiger partial charge in [-0.3, -0.25) is 38.6 Å². The molecule has 0 spiro atoms. The number of esters is 1. The van der Waals surface area contributed by atoms with Gasteiger partial charge in [0, 0.05) is 25.4 Å². The molecule has 20 heteroatoms. The van der Waals surface area contributed by atoms with Gasteiger partial charge in [0.15, 0.2) is 6.10 Å². The molecule has 0 aliphatic carbocycles. The summed E-state index contributed by atoms with van der Waals surface area (Å²) in [6.45, 7) is 12.5. The largest absolute Gasteiger partial charge is 0.461 e. The normalized spacial score (nSPS) is 32.6. The van der Waals surface area contributed by atoms with Gasteiger partial charge in [-0.05, 0) is 65.2 Å². The summed E-state index contributed by atoms with van der Waals surface area (Å²) < 4.78 is 5.27. The van der Waals surface area contributed by atoms with Gasteiger partial charge in [-0.25, -0.2) is 4.79 Å². The van der Waals surface area contributed by atoms with Crippen LogP contribution in [0.2, 0.25) is 0 Å². The molecule has 0 saturated carbocycles. The van der Waals surface area contributed by atoms with Crippen LogP contribution in [0, 0.1) is 11.8 Å². The lowest BCUT2D eigenvalue weighted by Gasteiger charge is -2.48. The van der Waals surface area contributed by atoms with Crippen molar-refractivity contribution in [1.29, 1.82) is 0 Å². The number of fused-ring (bicyclic) bond motifs is 4. The fraction of sp³-hybridized carbons (Fsp3) is 0.718. The Hall–Kier alpha value is -4.56. The fourth-order valence-corrected chi connectivity index (χ4v) is 8.82. The molecule has 0 aromatic carbocycles. The third-order valence-electron chi connectivity index (χ3n) is 10.9. The summed E-state index contributed by atoms with van der Waals surface area (Å²) >= 11 is 1.32. The van der Waals surface area contributed by atoms with Gasteiger partial charge >= 0.3 is 5.97 Å². The monoisotopic (exact) mass is 848 g/mol. The molecule has 7 amide bonds. The molecule has 0 unspecified atom stereocenters. The predicted octanol–water partition coefficient (Wildman–Crippen LogP) is -1.20. The molecule has 4 aliphatic rings. The standard InChI is InChI=1S/C39H60N8O11S/c1-10-23-36(54)46-13-11-12-26(46)33(52)44-29(22(8)48)38(56)45(9)30(19(4)5)39(57)58-16-28(49)34(53)40-21(7)31(50)42-24(14-18(2)3)37(55)47-20(6)15-27(47)35-43-25(17-59-35)32(51)41-23/h10,18-22,24-30,48-49H,11-17H2,1-9H3,(H,40,53)(H,41,51)(H,42,50)(H,44,52)/b23-10+/t20-,21+,22-,24-,25+,26+,27+,28+,29+,30+/m1/s1. The van der Waals surface area contributed by atoms with Crippen molar-refractivity contribution in [3.05, 3.63) is 11.8 Å². The second kappa shape index (κ2) is 20.1. The van der Waals surface area contributed by atoms with E-state index in [0.717, 1.165) is 4.90 Å². The van der Waals surface area contributed by atoms with Crippen LogP contribution in [0.15, 0.2) is 16.8 Å². The number of rotatable bonds is 4. The Morgan fingerprint density at radius 3 is 2.19 bits per heavy atom. The Bertz CT molecular complexity index is 1720. The van der Waals surface area contributed by atoms with Crippen LogP contribution in [0.5, 0.6) is 0 Å². The average Bonchev–Trinajstić information content (AvgIpc) is 3.86. The lowest BCUT2D eigenvalue weighted by molar-refractivity contribution is -0.161. The Balaban J connectivity index is 1.66. The van der Waals surface area contributed by atoms with Gasteiger partial charge in [-0.1, -0.05) is 33.8 Å². The summed E-state index contributed by atoms with van der Waals surface area (Å²) in [5.41, 5.74) is -0.0745. The number of amides is 7. The number of likely N-dealkylation sites (N-methyl/N-ethyl adjacent to an activating group) is 1. The van der Waals surface area contributed by atoms with Crippen LogP contribution >= 0.6 is 11.8 Å². The van der Waals surface area contributed by atoms with Gasteiger partial charge in [-0.2, -0.15) is 0 Å². The van der Waals surface area contributed by atoms with Crippen LogP contribution in [-0.2, 0) is 43.1 Å². The molecule has 328 valence electrons. The SMILES string of the molecule is C/C=C1/NC(=O)[C@@H]2CSC(=N2)[C@@H]2C[C@@H](C)N2C(=O)[C@@H](CC(C)C)NC(=O)[C@H](C)NC(=O)[C@@H](O)COC(=O)[C@H](C(C)C)N(C)C(=O)[C@H]([C@@H](C)O)NC(=O)[C@@H]2CCCN2C1=O.